The van der Waals surface area contributed by atoms with E-state index in [1.165, 1.54) is 24.1 Å². The van der Waals surface area contributed by atoms with E-state index in [4.69, 9.17) is 4.74 Å². The van der Waals surface area contributed by atoms with Crippen molar-refractivity contribution in [1.29, 1.82) is 0 Å². The average molecular weight is 218 g/mol. The number of hydrogen-bond donors (Lipinski definition) is 0. The zero-order valence-corrected chi connectivity index (χ0v) is 8.91. The molecule has 0 aliphatic rings. The van der Waals surface area contributed by atoms with E-state index in [0.717, 1.165) is 0 Å². The Morgan fingerprint density at radius 2 is 2.19 bits per heavy atom. The van der Waals surface area contributed by atoms with Gasteiger partial charge >= 0.3 is 0 Å². The van der Waals surface area contributed by atoms with Crippen molar-refractivity contribution in [1.82, 2.24) is 19.5 Å². The van der Waals surface area contributed by atoms with Crippen LogP contribution in [0.4, 0.5) is 0 Å². The molecule has 0 saturated carbocycles. The van der Waals surface area contributed by atoms with Crippen LogP contribution in [0, 0.1) is 0 Å². The summed E-state index contributed by atoms with van der Waals surface area (Å²) in [6.45, 7) is 0. The van der Waals surface area contributed by atoms with Crippen molar-refractivity contribution in [2.45, 2.75) is 0 Å². The third kappa shape index (κ3) is 1.77. The second kappa shape index (κ2) is 4.09. The fourth-order valence-electron chi connectivity index (χ4n) is 1.27. The van der Waals surface area contributed by atoms with Crippen LogP contribution < -0.4 is 10.3 Å². The molecule has 0 unspecified atom stereocenters. The lowest BCUT2D eigenvalue weighted by atomic mass is 10.3. The Kier molecular flexibility index (Phi) is 2.63. The van der Waals surface area contributed by atoms with E-state index >= 15 is 0 Å². The Balaban J connectivity index is 2.60. The van der Waals surface area contributed by atoms with Gasteiger partial charge in [0, 0.05) is 19.3 Å². The minimum absolute atomic E-state index is 0.194. The molecule has 2 rings (SSSR count). The molecule has 0 aliphatic heterocycles. The summed E-state index contributed by atoms with van der Waals surface area (Å²) in [7, 11) is 3.06. The minimum atomic E-state index is -0.194. The third-order valence-corrected chi connectivity index (χ3v) is 2.12. The highest BCUT2D eigenvalue weighted by molar-refractivity contribution is 5.52. The van der Waals surface area contributed by atoms with E-state index in [0.29, 0.717) is 11.4 Å². The standard InChI is InChI=1S/C10H10N4O2/c1-14-9(15)5-8(13-10(14)16-2)7-3-4-11-6-12-7/h3-6H,1-2H3. The summed E-state index contributed by atoms with van der Waals surface area (Å²) >= 11 is 0. The lowest BCUT2D eigenvalue weighted by molar-refractivity contribution is 0.357. The Morgan fingerprint density at radius 1 is 1.38 bits per heavy atom. The highest BCUT2D eigenvalue weighted by Gasteiger charge is 2.07. The molecule has 0 spiro atoms. The van der Waals surface area contributed by atoms with Gasteiger partial charge in [-0.1, -0.05) is 0 Å². The van der Waals surface area contributed by atoms with E-state index < -0.39 is 0 Å². The van der Waals surface area contributed by atoms with E-state index in [9.17, 15) is 4.79 Å². The molecule has 0 amide bonds. The molecule has 0 fully saturated rings. The van der Waals surface area contributed by atoms with Gasteiger partial charge in [-0.05, 0) is 6.07 Å². The van der Waals surface area contributed by atoms with Crippen molar-refractivity contribution in [2.24, 2.45) is 7.05 Å². The molecule has 0 saturated heterocycles. The molecule has 0 aliphatic carbocycles. The van der Waals surface area contributed by atoms with Crippen molar-refractivity contribution >= 4 is 0 Å². The second-order valence-corrected chi connectivity index (χ2v) is 3.12. The van der Waals surface area contributed by atoms with Gasteiger partial charge in [-0.25, -0.2) is 9.97 Å². The van der Waals surface area contributed by atoms with Crippen LogP contribution in [-0.2, 0) is 7.05 Å². The minimum Gasteiger partial charge on any atom is -0.468 e. The molecule has 82 valence electrons. The fourth-order valence-corrected chi connectivity index (χ4v) is 1.27. The molecule has 0 aromatic carbocycles. The topological polar surface area (TPSA) is 69.9 Å². The first kappa shape index (κ1) is 10.3. The van der Waals surface area contributed by atoms with Crippen LogP contribution in [0.25, 0.3) is 11.4 Å². The van der Waals surface area contributed by atoms with Gasteiger partial charge in [0.05, 0.1) is 18.5 Å². The predicted molar refractivity (Wildman–Crippen MR) is 57.1 cm³/mol. The van der Waals surface area contributed by atoms with Crippen molar-refractivity contribution in [3.63, 3.8) is 0 Å². The van der Waals surface area contributed by atoms with Gasteiger partial charge < -0.3 is 4.74 Å². The van der Waals surface area contributed by atoms with Crippen LogP contribution >= 0.6 is 0 Å². The molecule has 0 bridgehead atoms. The summed E-state index contributed by atoms with van der Waals surface area (Å²) in [6.07, 6.45) is 2.99. The summed E-state index contributed by atoms with van der Waals surface area (Å²) in [5, 5.41) is 0. The Hall–Kier alpha value is -2.24. The van der Waals surface area contributed by atoms with E-state index in [1.807, 2.05) is 0 Å². The molecule has 2 aromatic heterocycles. The van der Waals surface area contributed by atoms with E-state index in [2.05, 4.69) is 15.0 Å². The number of aromatic nitrogens is 4. The number of methoxy groups -OCH3 is 1. The maximum atomic E-state index is 11.6. The first-order chi connectivity index (χ1) is 7.72. The predicted octanol–water partition coefficient (Wildman–Crippen LogP) is 0.246. The Labute approximate surface area is 91.6 Å². The summed E-state index contributed by atoms with van der Waals surface area (Å²) in [5.41, 5.74) is 0.869. The first-order valence-electron chi connectivity index (χ1n) is 4.61. The van der Waals surface area contributed by atoms with Crippen LogP contribution in [0.2, 0.25) is 0 Å². The van der Waals surface area contributed by atoms with Crippen molar-refractivity contribution < 1.29 is 4.74 Å². The maximum Gasteiger partial charge on any atom is 0.299 e. The molecular formula is C10H10N4O2. The molecule has 0 N–H and O–H groups in total. The van der Waals surface area contributed by atoms with Crippen LogP contribution in [0.5, 0.6) is 6.01 Å². The van der Waals surface area contributed by atoms with Gasteiger partial charge in [-0.3, -0.25) is 9.36 Å². The monoisotopic (exact) mass is 218 g/mol. The van der Waals surface area contributed by atoms with Gasteiger partial charge in [0.1, 0.15) is 6.33 Å². The van der Waals surface area contributed by atoms with Crippen molar-refractivity contribution in [3.8, 4) is 17.4 Å². The van der Waals surface area contributed by atoms with Crippen LogP contribution in [0.1, 0.15) is 0 Å². The third-order valence-electron chi connectivity index (χ3n) is 2.12. The van der Waals surface area contributed by atoms with Crippen LogP contribution in [0.15, 0.2) is 29.5 Å². The van der Waals surface area contributed by atoms with Crippen molar-refractivity contribution in [2.75, 3.05) is 7.11 Å². The Morgan fingerprint density at radius 3 is 2.81 bits per heavy atom. The molecule has 0 atom stereocenters. The maximum absolute atomic E-state index is 11.6. The summed E-state index contributed by atoms with van der Waals surface area (Å²) in [6, 6.07) is 3.34. The van der Waals surface area contributed by atoms with Gasteiger partial charge in [0.25, 0.3) is 11.6 Å². The summed E-state index contributed by atoms with van der Waals surface area (Å²) < 4.78 is 6.32. The first-order valence-corrected chi connectivity index (χ1v) is 4.61. The smallest absolute Gasteiger partial charge is 0.299 e. The van der Waals surface area contributed by atoms with E-state index in [-0.39, 0.29) is 11.6 Å². The lowest BCUT2D eigenvalue weighted by Crippen LogP contribution is -2.19. The van der Waals surface area contributed by atoms with Crippen molar-refractivity contribution in [3.05, 3.63) is 35.0 Å². The second-order valence-electron chi connectivity index (χ2n) is 3.12. The Bertz CT molecular complexity index is 550. The van der Waals surface area contributed by atoms with Gasteiger partial charge in [-0.15, -0.1) is 0 Å². The SMILES string of the molecule is COc1nc(-c2ccncn2)cc(=O)n1C. The molecule has 2 heterocycles. The van der Waals surface area contributed by atoms with Gasteiger partial charge in [0.15, 0.2) is 0 Å². The average Bonchev–Trinajstić information content (AvgIpc) is 2.33. The summed E-state index contributed by atoms with van der Waals surface area (Å²) in [4.78, 5) is 23.6. The number of nitrogens with zero attached hydrogens (tertiary/aromatic N) is 4. The lowest BCUT2D eigenvalue weighted by Gasteiger charge is -2.06. The van der Waals surface area contributed by atoms with E-state index in [1.54, 1.807) is 19.3 Å². The molecule has 6 heteroatoms. The number of rotatable bonds is 2. The van der Waals surface area contributed by atoms with Crippen LogP contribution in [0.3, 0.4) is 0 Å². The molecule has 2 aromatic rings. The highest BCUT2D eigenvalue weighted by atomic mass is 16.5. The molecule has 16 heavy (non-hydrogen) atoms. The highest BCUT2D eigenvalue weighted by Crippen LogP contribution is 2.13. The molecule has 6 nitrogen and oxygen atoms in total. The van der Waals surface area contributed by atoms with Gasteiger partial charge in [0.2, 0.25) is 0 Å². The van der Waals surface area contributed by atoms with Crippen LogP contribution in [-0.4, -0.2) is 26.6 Å². The number of ether oxygens (including phenoxy) is 1. The quantitative estimate of drug-likeness (QED) is 0.722. The molecular weight excluding hydrogens is 208 g/mol. The largest absolute Gasteiger partial charge is 0.468 e. The zero-order chi connectivity index (χ0) is 11.5. The fraction of sp³-hybridized carbons (Fsp3) is 0.200. The summed E-state index contributed by atoms with van der Waals surface area (Å²) in [5.74, 6) is 0. The number of hydrogen-bond acceptors (Lipinski definition) is 5. The molecule has 0 radical (unpaired) electrons. The normalized spacial score (nSPS) is 10.1. The zero-order valence-electron chi connectivity index (χ0n) is 8.91. The van der Waals surface area contributed by atoms with Gasteiger partial charge in [-0.2, -0.15) is 4.98 Å².